The van der Waals surface area contributed by atoms with Crippen molar-refractivity contribution in [2.45, 2.75) is 0 Å². The van der Waals surface area contributed by atoms with Crippen LogP contribution in [0.3, 0.4) is 0 Å². The summed E-state index contributed by atoms with van der Waals surface area (Å²) in [5, 5.41) is 3.71. The van der Waals surface area contributed by atoms with Gasteiger partial charge in [-0.25, -0.2) is 9.97 Å². The monoisotopic (exact) mass is 540 g/mol. The van der Waals surface area contributed by atoms with Crippen LogP contribution in [-0.4, -0.2) is 9.97 Å². The van der Waals surface area contributed by atoms with Crippen LogP contribution in [0.5, 0.6) is 0 Å². The molecule has 2 aromatic heterocycles. The van der Waals surface area contributed by atoms with E-state index in [0.29, 0.717) is 0 Å². The van der Waals surface area contributed by atoms with Crippen molar-refractivity contribution in [1.82, 2.24) is 9.97 Å². The van der Waals surface area contributed by atoms with Crippen molar-refractivity contribution in [3.63, 3.8) is 0 Å². The highest BCUT2D eigenvalue weighted by molar-refractivity contribution is 7.25. The topological polar surface area (TPSA) is 25.8 Å². The molecule has 0 aliphatic heterocycles. The Kier molecular flexibility index (Phi) is 5.68. The van der Waals surface area contributed by atoms with Gasteiger partial charge in [-0.2, -0.15) is 0 Å². The largest absolute Gasteiger partial charge is 0.228 e. The molecule has 3 heteroatoms. The summed E-state index contributed by atoms with van der Waals surface area (Å²) in [6, 6.07) is 51.4. The number of fused-ring (bicyclic) bond motifs is 4. The molecule has 0 atom stereocenters. The molecule has 41 heavy (non-hydrogen) atoms. The highest BCUT2D eigenvalue weighted by Gasteiger charge is 2.14. The van der Waals surface area contributed by atoms with Gasteiger partial charge in [0.25, 0.3) is 0 Å². The van der Waals surface area contributed by atoms with Crippen LogP contribution in [0.25, 0.3) is 76.0 Å². The number of hydrogen-bond acceptors (Lipinski definition) is 3. The summed E-state index contributed by atoms with van der Waals surface area (Å²) in [5.41, 5.74) is 8.79. The third-order valence-corrected chi connectivity index (χ3v) is 8.84. The molecule has 0 radical (unpaired) electrons. The van der Waals surface area contributed by atoms with E-state index in [0.717, 1.165) is 39.1 Å². The van der Waals surface area contributed by atoms with E-state index in [1.807, 2.05) is 35.6 Å². The molecule has 192 valence electrons. The lowest BCUT2D eigenvalue weighted by Crippen LogP contribution is -1.95. The molecule has 0 unspecified atom stereocenters. The number of aromatic nitrogens is 2. The smallest absolute Gasteiger partial charge is 0.160 e. The average Bonchev–Trinajstić information content (AvgIpc) is 3.44. The third kappa shape index (κ3) is 4.19. The van der Waals surface area contributed by atoms with E-state index in [-0.39, 0.29) is 0 Å². The SMILES string of the molecule is c1ccc(-c2nc(-c3ccccc3)c3ccc(-c4ccc(-c5cccc6sc7ccccc7c56)cc4)cc3n2)cc1. The van der Waals surface area contributed by atoms with Crippen molar-refractivity contribution in [3.05, 3.63) is 146 Å². The summed E-state index contributed by atoms with van der Waals surface area (Å²) in [4.78, 5) is 10.1. The summed E-state index contributed by atoms with van der Waals surface area (Å²) in [5.74, 6) is 0.737. The van der Waals surface area contributed by atoms with Gasteiger partial charge in [-0.05, 0) is 46.5 Å². The maximum Gasteiger partial charge on any atom is 0.160 e. The highest BCUT2D eigenvalue weighted by atomic mass is 32.1. The molecule has 0 amide bonds. The van der Waals surface area contributed by atoms with Crippen LogP contribution in [0.1, 0.15) is 0 Å². The first kappa shape index (κ1) is 23.7. The lowest BCUT2D eigenvalue weighted by atomic mass is 9.96. The molecule has 0 aliphatic rings. The number of benzene rings is 6. The molecule has 0 fully saturated rings. The van der Waals surface area contributed by atoms with Gasteiger partial charge in [0.1, 0.15) is 0 Å². The maximum atomic E-state index is 5.03. The molecular weight excluding hydrogens is 516 g/mol. The quantitative estimate of drug-likeness (QED) is 0.222. The van der Waals surface area contributed by atoms with Crippen LogP contribution in [0.2, 0.25) is 0 Å². The van der Waals surface area contributed by atoms with Crippen LogP contribution in [0.15, 0.2) is 146 Å². The molecule has 0 aliphatic carbocycles. The lowest BCUT2D eigenvalue weighted by Gasteiger charge is -2.11. The minimum atomic E-state index is 0.737. The predicted molar refractivity (Wildman–Crippen MR) is 174 cm³/mol. The Morgan fingerprint density at radius 1 is 0.415 bits per heavy atom. The zero-order valence-electron chi connectivity index (χ0n) is 22.2. The van der Waals surface area contributed by atoms with E-state index in [1.54, 1.807) is 0 Å². The average molecular weight is 541 g/mol. The van der Waals surface area contributed by atoms with Gasteiger partial charge < -0.3 is 0 Å². The fraction of sp³-hybridized carbons (Fsp3) is 0. The Hall–Kier alpha value is -5.12. The Morgan fingerprint density at radius 2 is 1.07 bits per heavy atom. The summed E-state index contributed by atoms with van der Waals surface area (Å²) in [7, 11) is 0. The molecular formula is C38H24N2S. The standard InChI is InChI=1S/C38H24N2S/c1-3-10-27(11-4-1)37-31-23-22-29(24-33(31)39-38(40-37)28-12-5-2-6-13-28)25-18-20-26(21-19-25)30-15-9-17-35-36(30)32-14-7-8-16-34(32)41-35/h1-24H. The van der Waals surface area contributed by atoms with Gasteiger partial charge >= 0.3 is 0 Å². The van der Waals surface area contributed by atoms with Crippen molar-refractivity contribution in [3.8, 4) is 44.9 Å². The summed E-state index contributed by atoms with van der Waals surface area (Å²) >= 11 is 1.86. The van der Waals surface area contributed by atoms with Gasteiger partial charge in [-0.1, -0.05) is 121 Å². The van der Waals surface area contributed by atoms with Crippen molar-refractivity contribution < 1.29 is 0 Å². The fourth-order valence-corrected chi connectivity index (χ4v) is 6.83. The number of rotatable bonds is 4. The van der Waals surface area contributed by atoms with Gasteiger partial charge in [-0.15, -0.1) is 11.3 Å². The Labute approximate surface area is 242 Å². The minimum Gasteiger partial charge on any atom is -0.228 e. The first-order valence-electron chi connectivity index (χ1n) is 13.8. The second-order valence-electron chi connectivity index (χ2n) is 10.2. The van der Waals surface area contributed by atoms with E-state index >= 15 is 0 Å². The van der Waals surface area contributed by atoms with E-state index in [1.165, 1.54) is 36.9 Å². The Morgan fingerprint density at radius 3 is 1.88 bits per heavy atom. The van der Waals surface area contributed by atoms with Crippen LogP contribution in [-0.2, 0) is 0 Å². The summed E-state index contributed by atoms with van der Waals surface area (Å²) in [6.45, 7) is 0. The van der Waals surface area contributed by atoms with E-state index in [4.69, 9.17) is 9.97 Å². The van der Waals surface area contributed by atoms with Crippen molar-refractivity contribution in [2.75, 3.05) is 0 Å². The highest BCUT2D eigenvalue weighted by Crippen LogP contribution is 2.40. The van der Waals surface area contributed by atoms with Gasteiger partial charge in [0.15, 0.2) is 5.82 Å². The van der Waals surface area contributed by atoms with Gasteiger partial charge in [0.2, 0.25) is 0 Å². The fourth-order valence-electron chi connectivity index (χ4n) is 5.70. The molecule has 0 saturated heterocycles. The minimum absolute atomic E-state index is 0.737. The molecule has 0 N–H and O–H groups in total. The van der Waals surface area contributed by atoms with Crippen LogP contribution >= 0.6 is 11.3 Å². The lowest BCUT2D eigenvalue weighted by molar-refractivity contribution is 1.23. The Balaban J connectivity index is 1.24. The number of nitrogens with zero attached hydrogens (tertiary/aromatic N) is 2. The zero-order valence-corrected chi connectivity index (χ0v) is 23.0. The van der Waals surface area contributed by atoms with E-state index < -0.39 is 0 Å². The molecule has 8 rings (SSSR count). The second kappa shape index (κ2) is 9.81. The van der Waals surface area contributed by atoms with Crippen LogP contribution in [0, 0.1) is 0 Å². The van der Waals surface area contributed by atoms with Crippen LogP contribution < -0.4 is 0 Å². The second-order valence-corrected chi connectivity index (χ2v) is 11.3. The van der Waals surface area contributed by atoms with Crippen molar-refractivity contribution in [2.24, 2.45) is 0 Å². The number of thiophene rings is 1. The van der Waals surface area contributed by atoms with E-state index in [2.05, 4.69) is 121 Å². The molecule has 8 aromatic rings. The third-order valence-electron chi connectivity index (χ3n) is 7.71. The summed E-state index contributed by atoms with van der Waals surface area (Å²) < 4.78 is 2.65. The first-order chi connectivity index (χ1) is 20.3. The molecule has 6 aromatic carbocycles. The normalized spacial score (nSPS) is 11.4. The molecule has 2 nitrogen and oxygen atoms in total. The summed E-state index contributed by atoms with van der Waals surface area (Å²) in [6.07, 6.45) is 0. The zero-order chi connectivity index (χ0) is 27.2. The Bertz CT molecular complexity index is 2180. The van der Waals surface area contributed by atoms with Crippen molar-refractivity contribution >= 4 is 42.4 Å². The van der Waals surface area contributed by atoms with Gasteiger partial charge in [-0.3, -0.25) is 0 Å². The van der Waals surface area contributed by atoms with Gasteiger partial charge in [0.05, 0.1) is 11.2 Å². The number of hydrogen-bond donors (Lipinski definition) is 0. The predicted octanol–water partition coefficient (Wildman–Crippen LogP) is 10.7. The molecule has 0 saturated carbocycles. The maximum absolute atomic E-state index is 5.03. The first-order valence-corrected chi connectivity index (χ1v) is 14.6. The van der Waals surface area contributed by atoms with E-state index in [9.17, 15) is 0 Å². The molecule has 0 bridgehead atoms. The van der Waals surface area contributed by atoms with Gasteiger partial charge in [0, 0.05) is 36.7 Å². The van der Waals surface area contributed by atoms with Crippen LogP contribution in [0.4, 0.5) is 0 Å². The van der Waals surface area contributed by atoms with Crippen molar-refractivity contribution in [1.29, 1.82) is 0 Å². The molecule has 2 heterocycles. The molecule has 0 spiro atoms.